The molecule has 2 nitrogen and oxygen atoms in total. The third-order valence-electron chi connectivity index (χ3n) is 6.79. The molecule has 0 saturated carbocycles. The lowest BCUT2D eigenvalue weighted by Gasteiger charge is -2.32. The minimum Gasteiger partial charge on any atom is -0.459 e. The highest BCUT2D eigenvalue weighted by molar-refractivity contribution is 5.69. The van der Waals surface area contributed by atoms with Crippen LogP contribution in [0.2, 0.25) is 0 Å². The molecule has 0 N–H and O–H groups in total. The van der Waals surface area contributed by atoms with Crippen molar-refractivity contribution in [3.8, 4) is 0 Å². The molecule has 0 fully saturated rings. The summed E-state index contributed by atoms with van der Waals surface area (Å²) in [5.41, 5.74) is -0.336. The predicted molar refractivity (Wildman–Crippen MR) is 133 cm³/mol. The van der Waals surface area contributed by atoms with E-state index in [4.69, 9.17) is 4.74 Å². The average molecular weight is 425 g/mol. The van der Waals surface area contributed by atoms with Crippen molar-refractivity contribution in [1.82, 2.24) is 0 Å². The maximum Gasteiger partial charge on any atom is 0.306 e. The number of unbranched alkanes of at least 4 members (excludes halogenated alkanes) is 16. The molecule has 0 spiro atoms. The first kappa shape index (κ1) is 29.5. The standard InChI is InChI=1S/C28H56O2/c1-6-8-10-12-14-15-16-17-19-21-23-25-27(29)30-28(4,5)26(3)24-22-20-18-13-11-9-7-2/h26H,6-25H2,1-5H3. The van der Waals surface area contributed by atoms with Crippen LogP contribution in [0, 0.1) is 5.92 Å². The molecular formula is C28H56O2. The number of rotatable bonds is 22. The zero-order valence-corrected chi connectivity index (χ0v) is 21.5. The van der Waals surface area contributed by atoms with E-state index in [1.165, 1.54) is 109 Å². The smallest absolute Gasteiger partial charge is 0.306 e. The lowest BCUT2D eigenvalue weighted by molar-refractivity contribution is -0.161. The second kappa shape index (κ2) is 20.4. The van der Waals surface area contributed by atoms with E-state index in [0.29, 0.717) is 12.3 Å². The summed E-state index contributed by atoms with van der Waals surface area (Å²) in [6, 6.07) is 0. The average Bonchev–Trinajstić information content (AvgIpc) is 2.70. The molecule has 0 aromatic heterocycles. The number of hydrogen-bond acceptors (Lipinski definition) is 2. The van der Waals surface area contributed by atoms with Crippen LogP contribution in [0.1, 0.15) is 163 Å². The van der Waals surface area contributed by atoms with Crippen molar-refractivity contribution < 1.29 is 9.53 Å². The van der Waals surface area contributed by atoms with Gasteiger partial charge in [0.1, 0.15) is 5.60 Å². The monoisotopic (exact) mass is 424 g/mol. The fourth-order valence-corrected chi connectivity index (χ4v) is 4.13. The van der Waals surface area contributed by atoms with E-state index in [2.05, 4.69) is 34.6 Å². The fourth-order valence-electron chi connectivity index (χ4n) is 4.13. The molecule has 0 aromatic rings. The van der Waals surface area contributed by atoms with Crippen molar-refractivity contribution in [2.75, 3.05) is 0 Å². The molecule has 0 aliphatic heterocycles. The number of carbonyl (C=O) groups is 1. The molecule has 0 heterocycles. The highest BCUT2D eigenvalue weighted by atomic mass is 16.6. The van der Waals surface area contributed by atoms with Gasteiger partial charge in [0.25, 0.3) is 0 Å². The minimum atomic E-state index is -0.336. The summed E-state index contributed by atoms with van der Waals surface area (Å²) in [5, 5.41) is 0. The molecule has 30 heavy (non-hydrogen) atoms. The van der Waals surface area contributed by atoms with Crippen molar-refractivity contribution >= 4 is 5.97 Å². The largest absolute Gasteiger partial charge is 0.459 e. The summed E-state index contributed by atoms with van der Waals surface area (Å²) in [5.74, 6) is 0.428. The zero-order valence-electron chi connectivity index (χ0n) is 21.5. The Kier molecular flexibility index (Phi) is 20.0. The van der Waals surface area contributed by atoms with Gasteiger partial charge in [0, 0.05) is 6.42 Å². The maximum absolute atomic E-state index is 12.3. The van der Waals surface area contributed by atoms with Crippen LogP contribution in [0.5, 0.6) is 0 Å². The van der Waals surface area contributed by atoms with Crippen LogP contribution in [0.25, 0.3) is 0 Å². The van der Waals surface area contributed by atoms with Gasteiger partial charge in [-0.05, 0) is 32.6 Å². The summed E-state index contributed by atoms with van der Waals surface area (Å²) in [6.45, 7) is 11.0. The van der Waals surface area contributed by atoms with Crippen LogP contribution in [-0.2, 0) is 9.53 Å². The highest BCUT2D eigenvalue weighted by Crippen LogP contribution is 2.27. The van der Waals surface area contributed by atoms with Gasteiger partial charge in [-0.15, -0.1) is 0 Å². The quantitative estimate of drug-likeness (QED) is 0.128. The Morgan fingerprint density at radius 2 is 1.00 bits per heavy atom. The summed E-state index contributed by atoms with van der Waals surface area (Å²) in [4.78, 5) is 12.3. The molecule has 1 atom stereocenters. The zero-order chi connectivity index (χ0) is 22.5. The van der Waals surface area contributed by atoms with Crippen LogP contribution in [0.4, 0.5) is 0 Å². The van der Waals surface area contributed by atoms with Gasteiger partial charge in [0.05, 0.1) is 0 Å². The van der Waals surface area contributed by atoms with Crippen molar-refractivity contribution in [2.45, 2.75) is 169 Å². The first-order chi connectivity index (χ1) is 14.4. The summed E-state index contributed by atoms with van der Waals surface area (Å²) < 4.78 is 5.86. The van der Waals surface area contributed by atoms with E-state index in [-0.39, 0.29) is 11.6 Å². The molecule has 0 saturated heterocycles. The van der Waals surface area contributed by atoms with Gasteiger partial charge in [-0.1, -0.05) is 130 Å². The highest BCUT2D eigenvalue weighted by Gasteiger charge is 2.29. The van der Waals surface area contributed by atoms with Gasteiger partial charge in [-0.25, -0.2) is 0 Å². The van der Waals surface area contributed by atoms with E-state index < -0.39 is 0 Å². The summed E-state index contributed by atoms with van der Waals surface area (Å²) in [7, 11) is 0. The molecule has 180 valence electrons. The van der Waals surface area contributed by atoms with Crippen molar-refractivity contribution in [3.05, 3.63) is 0 Å². The predicted octanol–water partition coefficient (Wildman–Crippen LogP) is 9.79. The summed E-state index contributed by atoms with van der Waals surface area (Å²) >= 11 is 0. The Hall–Kier alpha value is -0.530. The van der Waals surface area contributed by atoms with Crippen LogP contribution < -0.4 is 0 Å². The van der Waals surface area contributed by atoms with Crippen molar-refractivity contribution in [3.63, 3.8) is 0 Å². The molecule has 0 aliphatic rings. The normalized spacial score (nSPS) is 12.8. The second-order valence-electron chi connectivity index (χ2n) is 10.2. The van der Waals surface area contributed by atoms with E-state index in [1.807, 2.05) is 0 Å². The van der Waals surface area contributed by atoms with Crippen molar-refractivity contribution in [2.24, 2.45) is 5.92 Å². The first-order valence-corrected chi connectivity index (χ1v) is 13.7. The van der Waals surface area contributed by atoms with Gasteiger partial charge >= 0.3 is 5.97 Å². The van der Waals surface area contributed by atoms with Crippen LogP contribution in [0.3, 0.4) is 0 Å². The molecule has 2 heteroatoms. The number of hydrogen-bond donors (Lipinski definition) is 0. The van der Waals surface area contributed by atoms with Crippen LogP contribution in [0.15, 0.2) is 0 Å². The maximum atomic E-state index is 12.3. The number of ether oxygens (including phenoxy) is 1. The van der Waals surface area contributed by atoms with Gasteiger partial charge in [0.15, 0.2) is 0 Å². The Morgan fingerprint density at radius 3 is 1.43 bits per heavy atom. The first-order valence-electron chi connectivity index (χ1n) is 13.7. The molecule has 0 rings (SSSR count). The molecule has 0 aliphatic carbocycles. The molecule has 0 aromatic carbocycles. The Bertz CT molecular complexity index is 375. The topological polar surface area (TPSA) is 26.3 Å². The lowest BCUT2D eigenvalue weighted by Crippen LogP contribution is -2.35. The molecule has 0 radical (unpaired) electrons. The Morgan fingerprint density at radius 1 is 0.633 bits per heavy atom. The van der Waals surface area contributed by atoms with E-state index in [9.17, 15) is 4.79 Å². The Labute approximate surface area is 190 Å². The van der Waals surface area contributed by atoms with E-state index in [1.54, 1.807) is 0 Å². The third-order valence-corrected chi connectivity index (χ3v) is 6.79. The molecule has 0 amide bonds. The second-order valence-corrected chi connectivity index (χ2v) is 10.2. The Balaban J connectivity index is 3.65. The molecule has 0 bridgehead atoms. The SMILES string of the molecule is CCCCCCCCCCCCCC(=O)OC(C)(C)C(C)CCCCCCCCC. The van der Waals surface area contributed by atoms with E-state index >= 15 is 0 Å². The van der Waals surface area contributed by atoms with Gasteiger partial charge in [-0.2, -0.15) is 0 Å². The van der Waals surface area contributed by atoms with E-state index in [0.717, 1.165) is 12.8 Å². The van der Waals surface area contributed by atoms with Gasteiger partial charge in [0.2, 0.25) is 0 Å². The van der Waals surface area contributed by atoms with Gasteiger partial charge < -0.3 is 4.74 Å². The third kappa shape index (κ3) is 18.3. The van der Waals surface area contributed by atoms with Crippen molar-refractivity contribution in [1.29, 1.82) is 0 Å². The summed E-state index contributed by atoms with van der Waals surface area (Å²) in [6.07, 6.45) is 25.5. The van der Waals surface area contributed by atoms with Gasteiger partial charge in [-0.3, -0.25) is 4.79 Å². The number of carbonyl (C=O) groups excluding carboxylic acids is 1. The number of esters is 1. The lowest BCUT2D eigenvalue weighted by atomic mass is 9.87. The minimum absolute atomic E-state index is 0.00217. The van der Waals surface area contributed by atoms with Crippen LogP contribution in [-0.4, -0.2) is 11.6 Å². The fraction of sp³-hybridized carbons (Fsp3) is 0.964. The van der Waals surface area contributed by atoms with Crippen LogP contribution >= 0.6 is 0 Å². The molecule has 1 unspecified atom stereocenters. The molecular weight excluding hydrogens is 368 g/mol.